The van der Waals surface area contributed by atoms with Gasteiger partial charge in [-0.1, -0.05) is 19.3 Å². The van der Waals surface area contributed by atoms with Gasteiger partial charge in [-0.2, -0.15) is 5.10 Å². The second-order valence-corrected chi connectivity index (χ2v) is 7.16. The third-order valence-corrected chi connectivity index (χ3v) is 5.20. The maximum atomic E-state index is 12.3. The standard InChI is InChI=1S/C20H24N4O3/c25-19-9-6-14-12-16(7-8-17(14)22-19)27-13-20(26)23-18-10-11-21-24(18)15-4-2-1-3-5-15/h7-8,10-12,15H,1-6,9,13H2,(H,22,25)(H,23,26). The van der Waals surface area contributed by atoms with Crippen molar-refractivity contribution in [2.45, 2.75) is 51.0 Å². The van der Waals surface area contributed by atoms with Crippen LogP contribution in [0.4, 0.5) is 11.5 Å². The van der Waals surface area contributed by atoms with Crippen LogP contribution in [0.5, 0.6) is 5.75 Å². The molecule has 2 aromatic rings. The van der Waals surface area contributed by atoms with E-state index in [4.69, 9.17) is 4.74 Å². The number of anilines is 2. The van der Waals surface area contributed by atoms with E-state index in [1.54, 1.807) is 12.3 Å². The molecule has 1 aromatic carbocycles. The summed E-state index contributed by atoms with van der Waals surface area (Å²) in [5.74, 6) is 1.17. The summed E-state index contributed by atoms with van der Waals surface area (Å²) in [4.78, 5) is 23.7. The highest BCUT2D eigenvalue weighted by atomic mass is 16.5. The van der Waals surface area contributed by atoms with Gasteiger partial charge in [-0.3, -0.25) is 9.59 Å². The molecule has 1 aromatic heterocycles. The second kappa shape index (κ2) is 7.82. The summed E-state index contributed by atoms with van der Waals surface area (Å²) in [6.45, 7) is -0.0685. The van der Waals surface area contributed by atoms with Crippen molar-refractivity contribution in [2.24, 2.45) is 0 Å². The molecule has 2 heterocycles. The lowest BCUT2D eigenvalue weighted by atomic mass is 9.96. The van der Waals surface area contributed by atoms with Crippen LogP contribution in [0, 0.1) is 0 Å². The van der Waals surface area contributed by atoms with E-state index in [1.165, 1.54) is 19.3 Å². The lowest BCUT2D eigenvalue weighted by Crippen LogP contribution is -2.24. The van der Waals surface area contributed by atoms with Gasteiger partial charge in [-0.15, -0.1) is 0 Å². The van der Waals surface area contributed by atoms with E-state index >= 15 is 0 Å². The Labute approximate surface area is 158 Å². The van der Waals surface area contributed by atoms with Crippen molar-refractivity contribution >= 4 is 23.3 Å². The summed E-state index contributed by atoms with van der Waals surface area (Å²) in [5, 5.41) is 10.1. The average molecular weight is 368 g/mol. The monoisotopic (exact) mass is 368 g/mol. The number of aryl methyl sites for hydroxylation is 1. The molecule has 1 saturated carbocycles. The normalized spacial score (nSPS) is 17.1. The molecule has 0 saturated heterocycles. The molecule has 4 rings (SSSR count). The number of aromatic nitrogens is 2. The van der Waals surface area contributed by atoms with Crippen LogP contribution in [0.25, 0.3) is 0 Å². The summed E-state index contributed by atoms with van der Waals surface area (Å²) in [7, 11) is 0. The molecule has 2 N–H and O–H groups in total. The van der Waals surface area contributed by atoms with Crippen molar-refractivity contribution in [1.82, 2.24) is 9.78 Å². The molecule has 1 aliphatic carbocycles. The lowest BCUT2D eigenvalue weighted by Gasteiger charge is -2.23. The molecule has 0 radical (unpaired) electrons. The minimum atomic E-state index is -0.210. The highest BCUT2D eigenvalue weighted by Crippen LogP contribution is 2.30. The number of nitrogens with zero attached hydrogens (tertiary/aromatic N) is 2. The summed E-state index contributed by atoms with van der Waals surface area (Å²) in [6, 6.07) is 7.66. The molecule has 0 atom stereocenters. The van der Waals surface area contributed by atoms with E-state index in [9.17, 15) is 9.59 Å². The Morgan fingerprint density at radius 3 is 2.93 bits per heavy atom. The summed E-state index contributed by atoms with van der Waals surface area (Å²) < 4.78 is 7.57. The number of rotatable bonds is 5. The summed E-state index contributed by atoms with van der Waals surface area (Å²) in [6.07, 6.45) is 8.78. The zero-order valence-electron chi connectivity index (χ0n) is 15.2. The summed E-state index contributed by atoms with van der Waals surface area (Å²) >= 11 is 0. The fourth-order valence-electron chi connectivity index (χ4n) is 3.81. The van der Waals surface area contributed by atoms with Gasteiger partial charge in [0.05, 0.1) is 12.2 Å². The Hall–Kier alpha value is -2.83. The molecule has 7 nitrogen and oxygen atoms in total. The molecule has 2 aliphatic rings. The molecule has 2 amide bonds. The molecule has 0 bridgehead atoms. The fourth-order valence-corrected chi connectivity index (χ4v) is 3.81. The number of nitrogens with one attached hydrogen (secondary N) is 2. The Bertz CT molecular complexity index is 840. The zero-order chi connectivity index (χ0) is 18.6. The highest BCUT2D eigenvalue weighted by Gasteiger charge is 2.19. The second-order valence-electron chi connectivity index (χ2n) is 7.16. The number of carbonyl (C=O) groups excluding carboxylic acids is 2. The van der Waals surface area contributed by atoms with Crippen molar-refractivity contribution in [3.8, 4) is 5.75 Å². The first-order valence-electron chi connectivity index (χ1n) is 9.58. The number of carbonyl (C=O) groups is 2. The SMILES string of the molecule is O=C1CCc2cc(OCC(=O)Nc3ccnn3C3CCCCC3)ccc2N1. The molecule has 27 heavy (non-hydrogen) atoms. The minimum Gasteiger partial charge on any atom is -0.484 e. The third-order valence-electron chi connectivity index (χ3n) is 5.20. The van der Waals surface area contributed by atoms with Crippen LogP contribution >= 0.6 is 0 Å². The highest BCUT2D eigenvalue weighted by molar-refractivity contribution is 5.94. The van der Waals surface area contributed by atoms with E-state index < -0.39 is 0 Å². The van der Waals surface area contributed by atoms with Gasteiger partial charge in [0.15, 0.2) is 6.61 Å². The third kappa shape index (κ3) is 4.13. The molecule has 0 spiro atoms. The number of hydrogen-bond acceptors (Lipinski definition) is 4. The molecule has 1 aliphatic heterocycles. The van der Waals surface area contributed by atoms with Gasteiger partial charge in [0, 0.05) is 18.2 Å². The molecular formula is C20H24N4O3. The van der Waals surface area contributed by atoms with E-state index in [1.807, 2.05) is 22.9 Å². The molecular weight excluding hydrogens is 344 g/mol. The van der Waals surface area contributed by atoms with Crippen LogP contribution in [-0.2, 0) is 16.0 Å². The first-order chi connectivity index (χ1) is 13.2. The molecule has 142 valence electrons. The van der Waals surface area contributed by atoms with E-state index in [0.717, 1.165) is 29.9 Å². The Morgan fingerprint density at radius 2 is 2.07 bits per heavy atom. The smallest absolute Gasteiger partial charge is 0.263 e. The van der Waals surface area contributed by atoms with Crippen LogP contribution in [0.3, 0.4) is 0 Å². The largest absolute Gasteiger partial charge is 0.484 e. The van der Waals surface area contributed by atoms with Crippen LogP contribution in [-0.4, -0.2) is 28.2 Å². The molecule has 1 fully saturated rings. The zero-order valence-corrected chi connectivity index (χ0v) is 15.2. The minimum absolute atomic E-state index is 0.0325. The van der Waals surface area contributed by atoms with Gasteiger partial charge >= 0.3 is 0 Å². The lowest BCUT2D eigenvalue weighted by molar-refractivity contribution is -0.118. The van der Waals surface area contributed by atoms with Crippen molar-refractivity contribution in [1.29, 1.82) is 0 Å². The molecule has 0 unspecified atom stereocenters. The van der Waals surface area contributed by atoms with Crippen LogP contribution < -0.4 is 15.4 Å². The Morgan fingerprint density at radius 1 is 1.22 bits per heavy atom. The topological polar surface area (TPSA) is 85.2 Å². The number of benzene rings is 1. The van der Waals surface area contributed by atoms with Crippen molar-refractivity contribution < 1.29 is 14.3 Å². The van der Waals surface area contributed by atoms with Gasteiger partial charge in [0.25, 0.3) is 5.91 Å². The summed E-state index contributed by atoms with van der Waals surface area (Å²) in [5.41, 5.74) is 1.85. The van der Waals surface area contributed by atoms with Gasteiger partial charge in [0.2, 0.25) is 5.91 Å². The fraction of sp³-hybridized carbons (Fsp3) is 0.450. The van der Waals surface area contributed by atoms with Crippen molar-refractivity contribution in [3.63, 3.8) is 0 Å². The average Bonchev–Trinajstić information content (AvgIpc) is 3.15. The van der Waals surface area contributed by atoms with Gasteiger partial charge < -0.3 is 15.4 Å². The maximum absolute atomic E-state index is 12.3. The van der Waals surface area contributed by atoms with Crippen LogP contribution in [0.1, 0.15) is 50.1 Å². The first-order valence-corrected chi connectivity index (χ1v) is 9.58. The van der Waals surface area contributed by atoms with E-state index in [2.05, 4.69) is 15.7 Å². The number of ether oxygens (including phenoxy) is 1. The number of fused-ring (bicyclic) bond motifs is 1. The predicted molar refractivity (Wildman–Crippen MR) is 102 cm³/mol. The molecule has 7 heteroatoms. The Kier molecular flexibility index (Phi) is 5.09. The predicted octanol–water partition coefficient (Wildman–Crippen LogP) is 3.29. The number of hydrogen-bond donors (Lipinski definition) is 2. The van der Waals surface area contributed by atoms with Crippen molar-refractivity contribution in [3.05, 3.63) is 36.0 Å². The van der Waals surface area contributed by atoms with Gasteiger partial charge in [-0.05, 0) is 43.0 Å². The van der Waals surface area contributed by atoms with Crippen molar-refractivity contribution in [2.75, 3.05) is 17.2 Å². The van der Waals surface area contributed by atoms with E-state index in [-0.39, 0.29) is 18.4 Å². The Balaban J connectivity index is 1.34. The van der Waals surface area contributed by atoms with Gasteiger partial charge in [-0.25, -0.2) is 4.68 Å². The quantitative estimate of drug-likeness (QED) is 0.848. The maximum Gasteiger partial charge on any atom is 0.263 e. The first kappa shape index (κ1) is 17.6. The van der Waals surface area contributed by atoms with Crippen LogP contribution in [0.2, 0.25) is 0 Å². The van der Waals surface area contributed by atoms with Gasteiger partial charge in [0.1, 0.15) is 11.6 Å². The number of amides is 2. The van der Waals surface area contributed by atoms with Crippen LogP contribution in [0.15, 0.2) is 30.5 Å². The van der Waals surface area contributed by atoms with E-state index in [0.29, 0.717) is 24.6 Å².